The van der Waals surface area contributed by atoms with E-state index in [0.29, 0.717) is 24.5 Å². The molecule has 1 aliphatic rings. The topological polar surface area (TPSA) is 96.9 Å². The quantitative estimate of drug-likeness (QED) is 0.364. The number of benzene rings is 2. The summed E-state index contributed by atoms with van der Waals surface area (Å²) in [5.74, 6) is 1.11. The molecular formula is C25H27N5O3. The van der Waals surface area contributed by atoms with E-state index in [-0.39, 0.29) is 11.9 Å². The van der Waals surface area contributed by atoms with Gasteiger partial charge in [0.1, 0.15) is 12.6 Å². The number of hydrazone groups is 1. The average Bonchev–Trinajstić information content (AvgIpc) is 3.35. The first-order valence-electron chi connectivity index (χ1n) is 10.7. The summed E-state index contributed by atoms with van der Waals surface area (Å²) < 4.78 is 11.5. The van der Waals surface area contributed by atoms with Gasteiger partial charge in [-0.1, -0.05) is 42.0 Å². The zero-order valence-corrected chi connectivity index (χ0v) is 18.6. The second kappa shape index (κ2) is 10.7. The second-order valence-electron chi connectivity index (χ2n) is 7.83. The normalized spacial score (nSPS) is 17.8. The van der Waals surface area contributed by atoms with Crippen LogP contribution < -0.4 is 25.8 Å². The third-order valence-corrected chi connectivity index (χ3v) is 5.40. The molecule has 0 radical (unpaired) electrons. The molecule has 2 heterocycles. The Kier molecular flexibility index (Phi) is 7.29. The number of hydrazine groups is 1. The number of aromatic nitrogens is 1. The lowest BCUT2D eigenvalue weighted by molar-refractivity contribution is -0.122. The lowest BCUT2D eigenvalue weighted by atomic mass is 10.0. The Balaban J connectivity index is 1.33. The van der Waals surface area contributed by atoms with Gasteiger partial charge in [0, 0.05) is 24.0 Å². The number of carbonyl (C=O) groups is 1. The van der Waals surface area contributed by atoms with E-state index < -0.39 is 6.04 Å². The van der Waals surface area contributed by atoms with Crippen LogP contribution in [-0.2, 0) is 11.4 Å². The molecule has 1 fully saturated rings. The maximum absolute atomic E-state index is 12.4. The maximum Gasteiger partial charge on any atom is 0.258 e. The minimum Gasteiger partial charge on any atom is -0.493 e. The first-order valence-corrected chi connectivity index (χ1v) is 10.7. The molecule has 0 spiro atoms. The minimum absolute atomic E-state index is 0.0527. The van der Waals surface area contributed by atoms with Gasteiger partial charge >= 0.3 is 0 Å². The molecule has 3 N–H and O–H groups in total. The van der Waals surface area contributed by atoms with Crippen LogP contribution in [0.5, 0.6) is 11.5 Å². The summed E-state index contributed by atoms with van der Waals surface area (Å²) in [6.07, 6.45) is 5.48. The van der Waals surface area contributed by atoms with Crippen molar-refractivity contribution in [1.29, 1.82) is 0 Å². The number of nitrogens with one attached hydrogen (secondary N) is 3. The van der Waals surface area contributed by atoms with E-state index >= 15 is 0 Å². The van der Waals surface area contributed by atoms with Crippen molar-refractivity contribution >= 4 is 12.1 Å². The fourth-order valence-electron chi connectivity index (χ4n) is 3.51. The van der Waals surface area contributed by atoms with Crippen molar-refractivity contribution in [3.8, 4) is 11.5 Å². The number of aryl methyl sites for hydroxylation is 1. The van der Waals surface area contributed by atoms with E-state index in [9.17, 15) is 4.79 Å². The number of amides is 1. The number of rotatable bonds is 8. The summed E-state index contributed by atoms with van der Waals surface area (Å²) in [5, 5.41) is 4.00. The molecular weight excluding hydrogens is 418 g/mol. The zero-order valence-electron chi connectivity index (χ0n) is 18.6. The highest BCUT2D eigenvalue weighted by Crippen LogP contribution is 2.33. The fraction of sp³-hybridized carbons (Fsp3) is 0.240. The number of pyridine rings is 1. The van der Waals surface area contributed by atoms with Crippen molar-refractivity contribution in [2.75, 3.05) is 7.11 Å². The monoisotopic (exact) mass is 445 g/mol. The molecule has 0 aliphatic carbocycles. The van der Waals surface area contributed by atoms with E-state index in [1.807, 2.05) is 30.3 Å². The van der Waals surface area contributed by atoms with Gasteiger partial charge in [0.05, 0.1) is 13.3 Å². The lowest BCUT2D eigenvalue weighted by Gasteiger charge is -2.15. The molecule has 2 unspecified atom stereocenters. The molecule has 0 bridgehead atoms. The highest BCUT2D eigenvalue weighted by molar-refractivity contribution is 5.84. The molecule has 33 heavy (non-hydrogen) atoms. The van der Waals surface area contributed by atoms with Crippen LogP contribution in [-0.4, -0.2) is 30.3 Å². The first-order chi connectivity index (χ1) is 16.1. The summed E-state index contributed by atoms with van der Waals surface area (Å²) in [6.45, 7) is 2.52. The minimum atomic E-state index is -0.412. The SMILES string of the molecule is COc1cc(C2CC(C(=O)N/N=C\c3cccnc3)NN2)ccc1OCc1ccc(C)cc1. The van der Waals surface area contributed by atoms with Crippen LogP contribution in [0.1, 0.15) is 34.7 Å². The number of carbonyl (C=O) groups excluding carboxylic acids is 1. The predicted octanol–water partition coefficient (Wildman–Crippen LogP) is 3.04. The van der Waals surface area contributed by atoms with E-state index in [1.54, 1.807) is 25.7 Å². The van der Waals surface area contributed by atoms with Crippen molar-refractivity contribution in [2.24, 2.45) is 5.10 Å². The molecule has 3 aromatic rings. The largest absolute Gasteiger partial charge is 0.493 e. The van der Waals surface area contributed by atoms with Crippen molar-refractivity contribution in [1.82, 2.24) is 21.3 Å². The van der Waals surface area contributed by atoms with Crippen LogP contribution in [0, 0.1) is 6.92 Å². The fourth-order valence-corrected chi connectivity index (χ4v) is 3.51. The highest BCUT2D eigenvalue weighted by atomic mass is 16.5. The van der Waals surface area contributed by atoms with Crippen LogP contribution >= 0.6 is 0 Å². The summed E-state index contributed by atoms with van der Waals surface area (Å²) >= 11 is 0. The van der Waals surface area contributed by atoms with Crippen LogP contribution in [0.2, 0.25) is 0 Å². The Hall–Kier alpha value is -3.75. The third-order valence-electron chi connectivity index (χ3n) is 5.40. The van der Waals surface area contributed by atoms with Gasteiger partial charge in [-0.25, -0.2) is 16.3 Å². The standard InChI is InChI=1S/C25H27N5O3/c1-17-5-7-18(8-6-17)16-33-23-10-9-20(12-24(23)32-2)21-13-22(29-28-21)25(31)30-27-15-19-4-3-11-26-14-19/h3-12,14-15,21-22,28-29H,13,16H2,1-2H3,(H,30,31)/b27-15-. The Labute approximate surface area is 193 Å². The Morgan fingerprint density at radius 2 is 2.03 bits per heavy atom. The molecule has 8 heteroatoms. The van der Waals surface area contributed by atoms with Gasteiger partial charge in [-0.3, -0.25) is 9.78 Å². The van der Waals surface area contributed by atoms with Crippen LogP contribution in [0.3, 0.4) is 0 Å². The van der Waals surface area contributed by atoms with E-state index in [1.165, 1.54) is 5.56 Å². The van der Waals surface area contributed by atoms with E-state index in [2.05, 4.69) is 57.6 Å². The number of hydrogen-bond acceptors (Lipinski definition) is 7. The highest BCUT2D eigenvalue weighted by Gasteiger charge is 2.30. The van der Waals surface area contributed by atoms with Crippen molar-refractivity contribution < 1.29 is 14.3 Å². The Morgan fingerprint density at radius 1 is 1.18 bits per heavy atom. The number of ether oxygens (including phenoxy) is 2. The van der Waals surface area contributed by atoms with Gasteiger partial charge in [0.15, 0.2) is 11.5 Å². The second-order valence-corrected chi connectivity index (χ2v) is 7.83. The molecule has 8 nitrogen and oxygen atoms in total. The summed E-state index contributed by atoms with van der Waals surface area (Å²) in [7, 11) is 1.62. The molecule has 1 aliphatic heterocycles. The summed E-state index contributed by atoms with van der Waals surface area (Å²) in [6, 6.07) is 17.2. The van der Waals surface area contributed by atoms with Crippen LogP contribution in [0.25, 0.3) is 0 Å². The molecule has 1 saturated heterocycles. The van der Waals surface area contributed by atoms with Gasteiger partial charge in [0.2, 0.25) is 0 Å². The van der Waals surface area contributed by atoms with Gasteiger partial charge < -0.3 is 9.47 Å². The first kappa shape index (κ1) is 22.4. The maximum atomic E-state index is 12.4. The van der Waals surface area contributed by atoms with Crippen molar-refractivity contribution in [2.45, 2.75) is 32.0 Å². The molecule has 0 saturated carbocycles. The smallest absolute Gasteiger partial charge is 0.258 e. The number of hydrogen-bond donors (Lipinski definition) is 3. The molecule has 170 valence electrons. The summed E-state index contributed by atoms with van der Waals surface area (Å²) in [4.78, 5) is 16.5. The number of methoxy groups -OCH3 is 1. The Bertz CT molecular complexity index is 1100. The lowest BCUT2D eigenvalue weighted by Crippen LogP contribution is -2.41. The zero-order chi connectivity index (χ0) is 23.0. The van der Waals surface area contributed by atoms with Gasteiger partial charge in [-0.05, 0) is 42.7 Å². The third kappa shape index (κ3) is 5.94. The van der Waals surface area contributed by atoms with E-state index in [4.69, 9.17) is 9.47 Å². The van der Waals surface area contributed by atoms with Crippen LogP contribution in [0.4, 0.5) is 0 Å². The van der Waals surface area contributed by atoms with Crippen LogP contribution in [0.15, 0.2) is 72.1 Å². The summed E-state index contributed by atoms with van der Waals surface area (Å²) in [5.41, 5.74) is 12.9. The average molecular weight is 446 g/mol. The van der Waals surface area contributed by atoms with Gasteiger partial charge in [0.25, 0.3) is 5.91 Å². The van der Waals surface area contributed by atoms with Crippen molar-refractivity contribution in [3.05, 3.63) is 89.2 Å². The van der Waals surface area contributed by atoms with Crippen molar-refractivity contribution in [3.63, 3.8) is 0 Å². The Morgan fingerprint density at radius 3 is 2.79 bits per heavy atom. The molecule has 2 aromatic carbocycles. The predicted molar refractivity (Wildman–Crippen MR) is 126 cm³/mol. The molecule has 1 aromatic heterocycles. The number of nitrogens with zero attached hydrogens (tertiary/aromatic N) is 2. The molecule has 1 amide bonds. The molecule has 4 rings (SSSR count). The van der Waals surface area contributed by atoms with E-state index in [0.717, 1.165) is 16.7 Å². The van der Waals surface area contributed by atoms with Gasteiger partial charge in [-0.15, -0.1) is 0 Å². The molecule has 2 atom stereocenters. The van der Waals surface area contributed by atoms with Gasteiger partial charge in [-0.2, -0.15) is 5.10 Å².